The fourth-order valence-corrected chi connectivity index (χ4v) is 4.62. The van der Waals surface area contributed by atoms with E-state index in [9.17, 15) is 20.9 Å². The van der Waals surface area contributed by atoms with Crippen LogP contribution in [0.3, 0.4) is 0 Å². The Hall–Kier alpha value is -2.89. The molecule has 1 unspecified atom stereocenters. The molecule has 0 bridgehead atoms. The van der Waals surface area contributed by atoms with Crippen molar-refractivity contribution in [1.29, 1.82) is 15.8 Å². The molecule has 3 heterocycles. The third kappa shape index (κ3) is 2.63. The molecule has 2 aromatic rings. The first-order chi connectivity index (χ1) is 11.9. The number of aryl methyl sites for hydroxylation is 2. The zero-order valence-electron chi connectivity index (χ0n) is 13.4. The second-order valence-corrected chi connectivity index (χ2v) is 8.07. The molecule has 0 spiro atoms. The minimum atomic E-state index is -1.66. The van der Waals surface area contributed by atoms with E-state index in [0.29, 0.717) is 10.5 Å². The van der Waals surface area contributed by atoms with Crippen molar-refractivity contribution in [3.8, 4) is 18.2 Å². The number of aliphatic hydroxyl groups is 1. The first-order valence-corrected chi connectivity index (χ1v) is 8.92. The van der Waals surface area contributed by atoms with Gasteiger partial charge in [0, 0.05) is 20.2 Å². The highest BCUT2D eigenvalue weighted by molar-refractivity contribution is 7.13. The van der Waals surface area contributed by atoms with Crippen molar-refractivity contribution in [1.82, 2.24) is 5.32 Å². The van der Waals surface area contributed by atoms with E-state index in [1.807, 2.05) is 32.0 Å². The number of nitriles is 3. The maximum Gasteiger partial charge on any atom is 0.201 e. The molecule has 7 heteroatoms. The van der Waals surface area contributed by atoms with Crippen molar-refractivity contribution >= 4 is 28.2 Å². The molecule has 1 aliphatic heterocycles. The molecule has 0 saturated heterocycles. The summed E-state index contributed by atoms with van der Waals surface area (Å²) in [4.78, 5) is 3.36. The maximum atomic E-state index is 11.5. The number of hydrogen-bond acceptors (Lipinski definition) is 7. The van der Waals surface area contributed by atoms with Gasteiger partial charge in [-0.2, -0.15) is 15.8 Å². The number of rotatable bonds is 2. The Bertz CT molecular complexity index is 1040. The van der Waals surface area contributed by atoms with Crippen LogP contribution in [0, 0.1) is 47.8 Å². The van der Waals surface area contributed by atoms with Crippen LogP contribution in [0.5, 0.6) is 0 Å². The number of thiophene rings is 2. The van der Waals surface area contributed by atoms with Crippen LogP contribution in [0.1, 0.15) is 19.5 Å². The summed E-state index contributed by atoms with van der Waals surface area (Å²) < 4.78 is 0. The summed E-state index contributed by atoms with van der Waals surface area (Å²) in [6, 6.07) is 13.0. The van der Waals surface area contributed by atoms with Crippen LogP contribution in [-0.4, -0.2) is 5.11 Å². The molecule has 2 aromatic heterocycles. The van der Waals surface area contributed by atoms with Crippen LogP contribution in [0.25, 0.3) is 5.57 Å². The van der Waals surface area contributed by atoms with E-state index >= 15 is 0 Å². The van der Waals surface area contributed by atoms with Crippen LogP contribution >= 0.6 is 22.7 Å². The van der Waals surface area contributed by atoms with Crippen LogP contribution in [0.4, 0.5) is 0 Å². The number of allylic oxidation sites excluding steroid dienone is 2. The van der Waals surface area contributed by atoms with E-state index in [2.05, 4.69) is 11.4 Å². The van der Waals surface area contributed by atoms with Gasteiger partial charge in [-0.3, -0.25) is 0 Å². The van der Waals surface area contributed by atoms with Crippen molar-refractivity contribution in [3.63, 3.8) is 0 Å². The largest absolute Gasteiger partial charge is 0.363 e. The Balaban J connectivity index is 2.36. The van der Waals surface area contributed by atoms with Gasteiger partial charge in [0.25, 0.3) is 0 Å². The highest BCUT2D eigenvalue weighted by atomic mass is 32.1. The molecule has 3 rings (SSSR count). The first-order valence-electron chi connectivity index (χ1n) is 7.28. The molecule has 2 N–H and O–H groups in total. The van der Waals surface area contributed by atoms with Gasteiger partial charge in [-0.05, 0) is 38.1 Å². The summed E-state index contributed by atoms with van der Waals surface area (Å²) >= 11 is 2.83. The molecule has 1 atom stereocenters. The van der Waals surface area contributed by atoms with Gasteiger partial charge in [0.1, 0.15) is 18.2 Å². The van der Waals surface area contributed by atoms with Gasteiger partial charge in [-0.25, -0.2) is 0 Å². The number of nitrogens with zero attached hydrogens (tertiary/aromatic N) is 3. The smallest absolute Gasteiger partial charge is 0.201 e. The van der Waals surface area contributed by atoms with Crippen molar-refractivity contribution in [2.75, 3.05) is 0 Å². The van der Waals surface area contributed by atoms with Gasteiger partial charge in [-0.1, -0.05) is 0 Å². The molecule has 0 fully saturated rings. The average molecular weight is 364 g/mol. The Kier molecular flexibility index (Phi) is 4.20. The lowest BCUT2D eigenvalue weighted by molar-refractivity contribution is 0.0852. The summed E-state index contributed by atoms with van der Waals surface area (Å²) in [6.45, 7) is 3.85. The van der Waals surface area contributed by atoms with Crippen LogP contribution in [0.15, 0.2) is 41.1 Å². The lowest BCUT2D eigenvalue weighted by atomic mass is 9.98. The van der Waals surface area contributed by atoms with E-state index < -0.39 is 5.72 Å². The van der Waals surface area contributed by atoms with E-state index in [1.165, 1.54) is 22.7 Å². The normalized spacial score (nSPS) is 19.1. The third-order valence-corrected chi connectivity index (χ3v) is 5.96. The molecule has 122 valence electrons. The second-order valence-electron chi connectivity index (χ2n) is 5.49. The SMILES string of the molecule is Cc1ccc(C2=C(C#N)C(=C(C#N)C#N)NC2(O)c2ccc(C)s2)s1. The maximum absolute atomic E-state index is 11.5. The van der Waals surface area contributed by atoms with E-state index in [4.69, 9.17) is 0 Å². The fourth-order valence-electron chi connectivity index (χ4n) is 2.73. The molecule has 5 nitrogen and oxygen atoms in total. The topological polar surface area (TPSA) is 104 Å². The van der Waals surface area contributed by atoms with Crippen molar-refractivity contribution < 1.29 is 5.11 Å². The predicted octanol–water partition coefficient (Wildman–Crippen LogP) is 3.45. The van der Waals surface area contributed by atoms with Gasteiger partial charge in [-0.15, -0.1) is 22.7 Å². The van der Waals surface area contributed by atoms with Crippen LogP contribution < -0.4 is 5.32 Å². The quantitative estimate of drug-likeness (QED) is 0.794. The van der Waals surface area contributed by atoms with E-state index in [0.717, 1.165) is 14.6 Å². The molecule has 0 radical (unpaired) electrons. The molecule has 0 aromatic carbocycles. The zero-order chi connectivity index (χ0) is 18.2. The van der Waals surface area contributed by atoms with Crippen molar-refractivity contribution in [2.45, 2.75) is 19.6 Å². The molecular formula is C18H12N4OS2. The summed E-state index contributed by atoms with van der Waals surface area (Å²) in [5.41, 5.74) is -1.31. The highest BCUT2D eigenvalue weighted by Gasteiger charge is 2.46. The second kappa shape index (κ2) is 6.20. The van der Waals surface area contributed by atoms with Gasteiger partial charge in [0.15, 0.2) is 5.57 Å². The summed E-state index contributed by atoms with van der Waals surface area (Å²) in [5.74, 6) is 0. The Morgan fingerprint density at radius 3 is 2.16 bits per heavy atom. The fraction of sp³-hybridized carbons (Fsp3) is 0.167. The Morgan fingerprint density at radius 2 is 1.68 bits per heavy atom. The molecule has 0 aliphatic carbocycles. The standard InChI is InChI=1S/C18H12N4OS2/c1-10-3-5-14(24-10)16-13(9-21)17(12(7-19)8-20)22-18(16,23)15-6-4-11(2)25-15/h3-6,22-23H,1-2H3. The summed E-state index contributed by atoms with van der Waals surface area (Å²) in [5, 5.41) is 42.5. The minimum absolute atomic E-state index is 0.0714. The average Bonchev–Trinajstić information content (AvgIpc) is 3.27. The summed E-state index contributed by atoms with van der Waals surface area (Å²) in [6.07, 6.45) is 0. The molecule has 25 heavy (non-hydrogen) atoms. The van der Waals surface area contributed by atoms with Gasteiger partial charge in [0.05, 0.1) is 16.1 Å². The van der Waals surface area contributed by atoms with Crippen LogP contribution in [0.2, 0.25) is 0 Å². The molecule has 0 amide bonds. The zero-order valence-corrected chi connectivity index (χ0v) is 15.0. The monoisotopic (exact) mass is 364 g/mol. The van der Waals surface area contributed by atoms with Gasteiger partial charge in [0.2, 0.25) is 5.72 Å². The number of nitrogens with one attached hydrogen (secondary N) is 1. The third-order valence-electron chi connectivity index (χ3n) is 3.84. The van der Waals surface area contributed by atoms with E-state index in [-0.39, 0.29) is 16.8 Å². The predicted molar refractivity (Wildman–Crippen MR) is 95.9 cm³/mol. The molecule has 0 saturated carbocycles. The van der Waals surface area contributed by atoms with Crippen molar-refractivity contribution in [2.24, 2.45) is 0 Å². The Labute approximate surface area is 153 Å². The Morgan fingerprint density at radius 1 is 1.04 bits per heavy atom. The lowest BCUT2D eigenvalue weighted by Gasteiger charge is -2.25. The molecular weight excluding hydrogens is 352 g/mol. The first kappa shape index (κ1) is 17.0. The number of hydrogen-bond donors (Lipinski definition) is 2. The lowest BCUT2D eigenvalue weighted by Crippen LogP contribution is -2.37. The van der Waals surface area contributed by atoms with E-state index in [1.54, 1.807) is 18.2 Å². The van der Waals surface area contributed by atoms with Crippen LogP contribution in [-0.2, 0) is 5.72 Å². The van der Waals surface area contributed by atoms with Gasteiger partial charge < -0.3 is 10.4 Å². The molecule has 1 aliphatic rings. The minimum Gasteiger partial charge on any atom is -0.363 e. The highest BCUT2D eigenvalue weighted by Crippen LogP contribution is 2.48. The van der Waals surface area contributed by atoms with Gasteiger partial charge >= 0.3 is 0 Å². The van der Waals surface area contributed by atoms with Crippen molar-refractivity contribution in [3.05, 3.63) is 60.6 Å². The summed E-state index contributed by atoms with van der Waals surface area (Å²) in [7, 11) is 0.